The number of nitrogens with zero attached hydrogens (tertiary/aromatic N) is 1. The van der Waals surface area contributed by atoms with Gasteiger partial charge in [0, 0.05) is 0 Å². The van der Waals surface area contributed by atoms with Crippen molar-refractivity contribution in [2.24, 2.45) is 5.18 Å². The van der Waals surface area contributed by atoms with Crippen molar-refractivity contribution in [3.8, 4) is 0 Å². The summed E-state index contributed by atoms with van der Waals surface area (Å²) in [6, 6.07) is 0. The molecule has 3 heteroatoms. The molecule has 1 heterocycles. The van der Waals surface area contributed by atoms with Gasteiger partial charge in [0.25, 0.3) is 0 Å². The van der Waals surface area contributed by atoms with E-state index in [9.17, 15) is 4.91 Å². The quantitative estimate of drug-likeness (QED) is 0.355. The van der Waals surface area contributed by atoms with Gasteiger partial charge in [-0.15, -0.1) is 0 Å². The molecule has 1 atom stereocenters. The molecular formula is C3H5NO2. The Labute approximate surface area is 35.3 Å². The number of ether oxygens (including phenoxy) is 1. The van der Waals surface area contributed by atoms with Gasteiger partial charge in [0.1, 0.15) is 12.6 Å². The van der Waals surface area contributed by atoms with Crippen LogP contribution in [0.2, 0.25) is 0 Å². The Bertz CT molecular complexity index is 59.8. The first-order chi connectivity index (χ1) is 2.93. The Morgan fingerprint density at radius 2 is 2.67 bits per heavy atom. The molecule has 0 saturated carbocycles. The number of hydrogen-bond donors (Lipinski definition) is 0. The highest BCUT2D eigenvalue weighted by atomic mass is 16.6. The van der Waals surface area contributed by atoms with Gasteiger partial charge in [-0.2, -0.15) is 4.91 Å². The number of nitroso groups, excluding NO2 is 1. The largest absolute Gasteiger partial charge is 0.371 e. The van der Waals surface area contributed by atoms with Crippen molar-refractivity contribution in [2.75, 3.05) is 13.2 Å². The Balaban J connectivity index is 2.00. The summed E-state index contributed by atoms with van der Waals surface area (Å²) >= 11 is 0. The summed E-state index contributed by atoms with van der Waals surface area (Å²) in [4.78, 5) is 9.33. The minimum atomic E-state index is 0.169. The lowest BCUT2D eigenvalue weighted by Gasteiger charge is -1.69. The average Bonchev–Trinajstić information content (AvgIpc) is 2.21. The first-order valence-corrected chi connectivity index (χ1v) is 1.84. The molecule has 0 N–H and O–H groups in total. The topological polar surface area (TPSA) is 42.0 Å². The van der Waals surface area contributed by atoms with Gasteiger partial charge in [-0.25, -0.2) is 0 Å². The fourth-order valence-electron chi connectivity index (χ4n) is 0.257. The molecule has 6 heavy (non-hydrogen) atoms. The van der Waals surface area contributed by atoms with Crippen molar-refractivity contribution < 1.29 is 4.74 Å². The van der Waals surface area contributed by atoms with E-state index in [1.54, 1.807) is 0 Å². The molecule has 0 bridgehead atoms. The van der Waals surface area contributed by atoms with Gasteiger partial charge in [-0.1, -0.05) is 5.18 Å². The van der Waals surface area contributed by atoms with Crippen LogP contribution in [-0.2, 0) is 4.74 Å². The highest BCUT2D eigenvalue weighted by Gasteiger charge is 2.21. The molecule has 0 aromatic heterocycles. The van der Waals surface area contributed by atoms with Crippen molar-refractivity contribution in [3.63, 3.8) is 0 Å². The van der Waals surface area contributed by atoms with E-state index < -0.39 is 0 Å². The van der Waals surface area contributed by atoms with Crippen molar-refractivity contribution in [3.05, 3.63) is 4.91 Å². The van der Waals surface area contributed by atoms with E-state index >= 15 is 0 Å². The van der Waals surface area contributed by atoms with Crippen LogP contribution >= 0.6 is 0 Å². The van der Waals surface area contributed by atoms with Gasteiger partial charge in [-0.3, -0.25) is 0 Å². The van der Waals surface area contributed by atoms with Gasteiger partial charge >= 0.3 is 0 Å². The first-order valence-electron chi connectivity index (χ1n) is 1.84. The van der Waals surface area contributed by atoms with Crippen molar-refractivity contribution in [2.45, 2.75) is 6.10 Å². The van der Waals surface area contributed by atoms with Crippen LogP contribution in [0.3, 0.4) is 0 Å². The molecule has 1 fully saturated rings. The number of rotatable bonds is 2. The SMILES string of the molecule is O=NC[C@H]1CO1. The summed E-state index contributed by atoms with van der Waals surface area (Å²) in [5.41, 5.74) is 0. The van der Waals surface area contributed by atoms with Crippen LogP contribution < -0.4 is 0 Å². The predicted molar refractivity (Wildman–Crippen MR) is 20.4 cm³/mol. The Morgan fingerprint density at radius 1 is 2.00 bits per heavy atom. The second-order valence-corrected chi connectivity index (χ2v) is 1.27. The third kappa shape index (κ3) is 0.755. The van der Waals surface area contributed by atoms with Crippen LogP contribution in [0.1, 0.15) is 0 Å². The number of epoxide rings is 1. The van der Waals surface area contributed by atoms with Crippen LogP contribution in [0.4, 0.5) is 0 Å². The van der Waals surface area contributed by atoms with Crippen molar-refractivity contribution in [1.82, 2.24) is 0 Å². The zero-order chi connectivity index (χ0) is 4.41. The molecule has 0 radical (unpaired) electrons. The third-order valence-electron chi connectivity index (χ3n) is 0.681. The summed E-state index contributed by atoms with van der Waals surface area (Å²) in [5.74, 6) is 0. The van der Waals surface area contributed by atoms with Crippen LogP contribution in [0.5, 0.6) is 0 Å². The lowest BCUT2D eigenvalue weighted by Crippen LogP contribution is -1.86. The standard InChI is InChI=1S/C3H5NO2/c5-4-1-3-2-6-3/h3H,1-2H2/t3-/m0/s1. The molecule has 1 aliphatic heterocycles. The second kappa shape index (κ2) is 1.34. The monoisotopic (exact) mass is 87.0 g/mol. The van der Waals surface area contributed by atoms with E-state index in [4.69, 9.17) is 0 Å². The molecule has 3 nitrogen and oxygen atoms in total. The molecule has 1 saturated heterocycles. The highest BCUT2D eigenvalue weighted by molar-refractivity contribution is 4.70. The smallest absolute Gasteiger partial charge is 0.110 e. The maximum absolute atomic E-state index is 9.33. The fraction of sp³-hybridized carbons (Fsp3) is 1.00. The van der Waals surface area contributed by atoms with E-state index in [1.165, 1.54) is 0 Å². The number of hydrogen-bond acceptors (Lipinski definition) is 3. The summed E-state index contributed by atoms with van der Waals surface area (Å²) in [6.45, 7) is 1.06. The second-order valence-electron chi connectivity index (χ2n) is 1.27. The summed E-state index contributed by atoms with van der Waals surface area (Å²) in [5, 5.41) is 2.62. The Morgan fingerprint density at radius 3 is 2.83 bits per heavy atom. The molecule has 1 rings (SSSR count). The Hall–Kier alpha value is -0.440. The molecule has 0 aromatic carbocycles. The molecule has 0 amide bonds. The summed E-state index contributed by atoms with van der Waals surface area (Å²) in [6.07, 6.45) is 0.169. The van der Waals surface area contributed by atoms with Gasteiger partial charge in [0.2, 0.25) is 0 Å². The zero-order valence-electron chi connectivity index (χ0n) is 3.26. The van der Waals surface area contributed by atoms with E-state index in [0.29, 0.717) is 6.54 Å². The van der Waals surface area contributed by atoms with Crippen LogP contribution in [0, 0.1) is 4.91 Å². The van der Waals surface area contributed by atoms with E-state index in [2.05, 4.69) is 9.91 Å². The third-order valence-corrected chi connectivity index (χ3v) is 0.681. The van der Waals surface area contributed by atoms with Gasteiger partial charge in [0.15, 0.2) is 0 Å². The lowest BCUT2D eigenvalue weighted by atomic mass is 10.5. The zero-order valence-corrected chi connectivity index (χ0v) is 3.26. The Kier molecular flexibility index (Phi) is 0.837. The maximum Gasteiger partial charge on any atom is 0.110 e. The minimum Gasteiger partial charge on any atom is -0.371 e. The first kappa shape index (κ1) is 3.74. The van der Waals surface area contributed by atoms with E-state index in [0.717, 1.165) is 6.61 Å². The minimum absolute atomic E-state index is 0.169. The van der Waals surface area contributed by atoms with Gasteiger partial charge in [-0.05, 0) is 0 Å². The van der Waals surface area contributed by atoms with Gasteiger partial charge in [0.05, 0.1) is 6.61 Å². The van der Waals surface area contributed by atoms with Gasteiger partial charge < -0.3 is 4.74 Å². The maximum atomic E-state index is 9.33. The fourth-order valence-corrected chi connectivity index (χ4v) is 0.257. The average molecular weight is 87.1 g/mol. The van der Waals surface area contributed by atoms with Crippen LogP contribution in [0.25, 0.3) is 0 Å². The molecular weight excluding hydrogens is 82.0 g/mol. The van der Waals surface area contributed by atoms with E-state index in [-0.39, 0.29) is 6.10 Å². The molecule has 0 aliphatic carbocycles. The molecule has 0 unspecified atom stereocenters. The van der Waals surface area contributed by atoms with Crippen LogP contribution in [-0.4, -0.2) is 19.3 Å². The summed E-state index contributed by atoms with van der Waals surface area (Å²) < 4.78 is 4.66. The molecule has 0 aromatic rings. The lowest BCUT2D eigenvalue weighted by molar-refractivity contribution is 0.412. The molecule has 0 spiro atoms. The normalized spacial score (nSPS) is 29.7. The molecule has 1 aliphatic rings. The predicted octanol–water partition coefficient (Wildman–Crippen LogP) is 0.152. The van der Waals surface area contributed by atoms with Crippen LogP contribution in [0.15, 0.2) is 5.18 Å². The van der Waals surface area contributed by atoms with Crippen molar-refractivity contribution in [1.29, 1.82) is 0 Å². The van der Waals surface area contributed by atoms with Crippen molar-refractivity contribution >= 4 is 0 Å². The summed E-state index contributed by atoms with van der Waals surface area (Å²) in [7, 11) is 0. The molecule has 34 valence electrons. The highest BCUT2D eigenvalue weighted by Crippen LogP contribution is 2.07. The van der Waals surface area contributed by atoms with E-state index in [1.807, 2.05) is 0 Å².